The van der Waals surface area contributed by atoms with Gasteiger partial charge in [0.25, 0.3) is 0 Å². The number of halogens is 2. The maximum absolute atomic E-state index is 5.46. The lowest BCUT2D eigenvalue weighted by atomic mass is 10.0. The number of benzene rings is 2. The third-order valence-electron chi connectivity index (χ3n) is 3.42. The second-order valence-corrected chi connectivity index (χ2v) is 5.83. The first kappa shape index (κ1) is 15.5. The minimum absolute atomic E-state index is 0. The zero-order valence-electron chi connectivity index (χ0n) is 11.1. The van der Waals surface area contributed by atoms with Crippen molar-refractivity contribution in [2.24, 2.45) is 0 Å². The molecule has 0 atom stereocenters. The van der Waals surface area contributed by atoms with Gasteiger partial charge in [-0.3, -0.25) is 0 Å². The highest BCUT2D eigenvalue weighted by Gasteiger charge is 2.20. The van der Waals surface area contributed by atoms with E-state index in [0.717, 1.165) is 18.7 Å². The van der Waals surface area contributed by atoms with Crippen LogP contribution in [-0.2, 0) is 6.42 Å². The molecular weight excluding hydrogens is 429 g/mol. The standard InChI is InChI=1S/C16H15INO.BrH/c1-19-16-7-2-4-12-8-9-18(11-15(12)16)14-6-3-5-13(17)10-14;/h2-7,10-11H,8-9H2,1H3;1H/q+1;/p-1. The van der Waals surface area contributed by atoms with Gasteiger partial charge >= 0.3 is 0 Å². The lowest BCUT2D eigenvalue weighted by molar-refractivity contribution is -0.436. The van der Waals surface area contributed by atoms with Gasteiger partial charge in [-0.2, -0.15) is 4.58 Å². The van der Waals surface area contributed by atoms with Crippen molar-refractivity contribution in [3.05, 3.63) is 57.2 Å². The molecule has 2 aromatic carbocycles. The highest BCUT2D eigenvalue weighted by Crippen LogP contribution is 2.25. The summed E-state index contributed by atoms with van der Waals surface area (Å²) >= 11 is 2.35. The predicted octanol–water partition coefficient (Wildman–Crippen LogP) is 0.623. The molecule has 0 fully saturated rings. The normalized spacial score (nSPS) is 13.0. The zero-order chi connectivity index (χ0) is 13.2. The van der Waals surface area contributed by atoms with E-state index in [0.29, 0.717) is 0 Å². The van der Waals surface area contributed by atoms with Crippen LogP contribution in [0, 0.1) is 3.57 Å². The molecular formula is C16H15BrINO. The Bertz CT molecular complexity index is 655. The Hall–Kier alpha value is -0.880. The first-order chi connectivity index (χ1) is 9.28. The molecule has 1 aliphatic heterocycles. The number of nitrogens with zero attached hydrogens (tertiary/aromatic N) is 1. The largest absolute Gasteiger partial charge is 1.00 e. The minimum atomic E-state index is 0. The van der Waals surface area contributed by atoms with Crippen LogP contribution in [0.5, 0.6) is 5.75 Å². The Morgan fingerprint density at radius 3 is 2.70 bits per heavy atom. The number of methoxy groups -OCH3 is 1. The highest BCUT2D eigenvalue weighted by atomic mass is 127. The first-order valence-corrected chi connectivity index (χ1v) is 7.39. The van der Waals surface area contributed by atoms with E-state index in [1.54, 1.807) is 7.11 Å². The van der Waals surface area contributed by atoms with Crippen LogP contribution >= 0.6 is 22.6 Å². The van der Waals surface area contributed by atoms with Gasteiger partial charge < -0.3 is 21.7 Å². The fourth-order valence-electron chi connectivity index (χ4n) is 2.45. The van der Waals surface area contributed by atoms with Crippen LogP contribution < -0.4 is 21.7 Å². The molecule has 1 heterocycles. The van der Waals surface area contributed by atoms with E-state index < -0.39 is 0 Å². The molecule has 0 aromatic heterocycles. The second kappa shape index (κ2) is 6.72. The van der Waals surface area contributed by atoms with E-state index in [-0.39, 0.29) is 17.0 Å². The molecule has 4 heteroatoms. The Morgan fingerprint density at radius 1 is 1.15 bits per heavy atom. The zero-order valence-corrected chi connectivity index (χ0v) is 14.9. The average Bonchev–Trinajstić information content (AvgIpc) is 2.46. The van der Waals surface area contributed by atoms with Crippen LogP contribution in [0.1, 0.15) is 11.1 Å². The predicted molar refractivity (Wildman–Crippen MR) is 85.8 cm³/mol. The molecule has 0 saturated carbocycles. The number of ether oxygens (including phenoxy) is 1. The summed E-state index contributed by atoms with van der Waals surface area (Å²) in [7, 11) is 1.73. The highest BCUT2D eigenvalue weighted by molar-refractivity contribution is 14.1. The third kappa shape index (κ3) is 3.06. The summed E-state index contributed by atoms with van der Waals surface area (Å²) in [5.74, 6) is 0.952. The molecule has 1 aliphatic rings. The van der Waals surface area contributed by atoms with Crippen LogP contribution in [0.4, 0.5) is 5.69 Å². The molecule has 2 nitrogen and oxygen atoms in total. The van der Waals surface area contributed by atoms with Crippen molar-refractivity contribution in [2.75, 3.05) is 13.7 Å². The summed E-state index contributed by atoms with van der Waals surface area (Å²) in [5.41, 5.74) is 3.81. The summed E-state index contributed by atoms with van der Waals surface area (Å²) in [4.78, 5) is 0. The molecule has 3 rings (SSSR count). The van der Waals surface area contributed by atoms with Gasteiger partial charge in [0.05, 0.1) is 12.7 Å². The molecule has 0 amide bonds. The third-order valence-corrected chi connectivity index (χ3v) is 4.09. The molecule has 20 heavy (non-hydrogen) atoms. The smallest absolute Gasteiger partial charge is 0.206 e. The maximum Gasteiger partial charge on any atom is 0.206 e. The summed E-state index contributed by atoms with van der Waals surface area (Å²) < 4.78 is 9.02. The summed E-state index contributed by atoms with van der Waals surface area (Å²) in [6, 6.07) is 14.8. The van der Waals surface area contributed by atoms with Gasteiger partial charge in [0.15, 0.2) is 12.8 Å². The lowest BCUT2D eigenvalue weighted by Crippen LogP contribution is -3.00. The van der Waals surface area contributed by atoms with Crippen LogP contribution in [0.3, 0.4) is 0 Å². The van der Waals surface area contributed by atoms with Crippen molar-refractivity contribution in [1.82, 2.24) is 0 Å². The fraction of sp³-hybridized carbons (Fsp3) is 0.188. The van der Waals surface area contributed by atoms with Crippen molar-refractivity contribution in [3.8, 4) is 5.75 Å². The molecule has 0 saturated heterocycles. The summed E-state index contributed by atoms with van der Waals surface area (Å²) in [6.07, 6.45) is 3.25. The number of rotatable bonds is 2. The van der Waals surface area contributed by atoms with E-state index in [2.05, 4.69) is 69.8 Å². The second-order valence-electron chi connectivity index (χ2n) is 4.59. The number of hydrogen-bond acceptors (Lipinski definition) is 1. The van der Waals surface area contributed by atoms with Crippen molar-refractivity contribution in [3.63, 3.8) is 0 Å². The average molecular weight is 444 g/mol. The van der Waals surface area contributed by atoms with Crippen molar-refractivity contribution in [1.29, 1.82) is 0 Å². The molecule has 2 aromatic rings. The lowest BCUT2D eigenvalue weighted by Gasteiger charge is -2.14. The Labute approximate surface area is 143 Å². The van der Waals surface area contributed by atoms with Crippen molar-refractivity contribution in [2.45, 2.75) is 6.42 Å². The van der Waals surface area contributed by atoms with Gasteiger partial charge in [-0.1, -0.05) is 18.2 Å². The molecule has 104 valence electrons. The van der Waals surface area contributed by atoms with Crippen molar-refractivity contribution < 1.29 is 26.3 Å². The van der Waals surface area contributed by atoms with Gasteiger partial charge in [0.1, 0.15) is 5.75 Å². The van der Waals surface area contributed by atoms with Crippen molar-refractivity contribution >= 4 is 34.5 Å². The fourth-order valence-corrected chi connectivity index (χ4v) is 2.98. The van der Waals surface area contributed by atoms with Gasteiger partial charge in [-0.25, -0.2) is 0 Å². The number of hydrogen-bond donors (Lipinski definition) is 0. The van der Waals surface area contributed by atoms with Crippen LogP contribution in [-0.4, -0.2) is 24.4 Å². The molecule has 0 aliphatic carbocycles. The molecule has 0 unspecified atom stereocenters. The molecule has 0 radical (unpaired) electrons. The van der Waals surface area contributed by atoms with Gasteiger partial charge in [-0.05, 0) is 40.3 Å². The van der Waals surface area contributed by atoms with E-state index in [4.69, 9.17) is 4.74 Å². The SMILES string of the molecule is COc1cccc2c1C=[N+](c1cccc(I)c1)CC2.[Br-]. The van der Waals surface area contributed by atoms with Crippen LogP contribution in [0.15, 0.2) is 42.5 Å². The molecule has 0 bridgehead atoms. The summed E-state index contributed by atoms with van der Waals surface area (Å²) in [6.45, 7) is 1.01. The quantitative estimate of drug-likeness (QED) is 0.489. The van der Waals surface area contributed by atoms with E-state index in [9.17, 15) is 0 Å². The Balaban J connectivity index is 0.00000147. The molecule has 0 N–H and O–H groups in total. The van der Waals surface area contributed by atoms with Gasteiger partial charge in [-0.15, -0.1) is 0 Å². The Kier molecular flexibility index (Phi) is 5.21. The maximum atomic E-state index is 5.46. The Morgan fingerprint density at radius 2 is 1.95 bits per heavy atom. The first-order valence-electron chi connectivity index (χ1n) is 6.31. The minimum Gasteiger partial charge on any atom is -1.00 e. The van der Waals surface area contributed by atoms with E-state index in [1.807, 2.05) is 6.07 Å². The number of fused-ring (bicyclic) bond motifs is 1. The van der Waals surface area contributed by atoms with E-state index in [1.165, 1.54) is 20.4 Å². The van der Waals surface area contributed by atoms with Gasteiger partial charge in [0, 0.05) is 22.1 Å². The van der Waals surface area contributed by atoms with Crippen LogP contribution in [0.25, 0.3) is 0 Å². The topological polar surface area (TPSA) is 12.2 Å². The van der Waals surface area contributed by atoms with E-state index >= 15 is 0 Å². The summed E-state index contributed by atoms with van der Waals surface area (Å²) in [5, 5.41) is 0. The van der Waals surface area contributed by atoms with Crippen LogP contribution in [0.2, 0.25) is 0 Å². The molecule has 0 spiro atoms. The monoisotopic (exact) mass is 443 g/mol. The van der Waals surface area contributed by atoms with Gasteiger partial charge in [0.2, 0.25) is 5.69 Å².